The van der Waals surface area contributed by atoms with Crippen LogP contribution >= 0.6 is 0 Å². The third-order valence-corrected chi connectivity index (χ3v) is 3.70. The van der Waals surface area contributed by atoms with Gasteiger partial charge in [0.1, 0.15) is 0 Å². The number of amides is 3. The van der Waals surface area contributed by atoms with Gasteiger partial charge in [-0.2, -0.15) is 0 Å². The molecule has 7 nitrogen and oxygen atoms in total. The zero-order chi connectivity index (χ0) is 17.1. The zero-order valence-corrected chi connectivity index (χ0v) is 14.2. The van der Waals surface area contributed by atoms with Gasteiger partial charge in [0.25, 0.3) is 0 Å². The first-order valence-corrected chi connectivity index (χ1v) is 7.60. The second kappa shape index (κ2) is 6.75. The maximum absolute atomic E-state index is 12.1. The van der Waals surface area contributed by atoms with Gasteiger partial charge in [0.2, 0.25) is 5.91 Å². The summed E-state index contributed by atoms with van der Waals surface area (Å²) in [6, 6.07) is -0.116. The topological polar surface area (TPSA) is 105 Å². The molecular weight excluding hydrogens is 284 g/mol. The van der Waals surface area contributed by atoms with Crippen molar-refractivity contribution in [3.05, 3.63) is 0 Å². The molecule has 0 aromatic rings. The third kappa shape index (κ3) is 5.06. The van der Waals surface area contributed by atoms with Crippen LogP contribution in [0.15, 0.2) is 0 Å². The van der Waals surface area contributed by atoms with Gasteiger partial charge in [-0.05, 0) is 40.5 Å². The van der Waals surface area contributed by atoms with Crippen molar-refractivity contribution in [2.45, 2.75) is 64.6 Å². The van der Waals surface area contributed by atoms with Gasteiger partial charge in [-0.25, -0.2) is 0 Å². The van der Waals surface area contributed by atoms with Crippen LogP contribution in [0.3, 0.4) is 0 Å². The second-order valence-electron chi connectivity index (χ2n) is 7.24. The number of hydrogen-bond donors (Lipinski definition) is 3. The van der Waals surface area contributed by atoms with Gasteiger partial charge < -0.3 is 16.4 Å². The first-order chi connectivity index (χ1) is 9.97. The van der Waals surface area contributed by atoms with E-state index in [0.717, 1.165) is 4.90 Å². The molecule has 0 bridgehead atoms. The molecule has 22 heavy (non-hydrogen) atoms. The molecule has 1 saturated heterocycles. The lowest BCUT2D eigenvalue weighted by Gasteiger charge is -2.46. The van der Waals surface area contributed by atoms with Crippen LogP contribution in [0.2, 0.25) is 0 Å². The van der Waals surface area contributed by atoms with E-state index in [1.54, 1.807) is 0 Å². The Morgan fingerprint density at radius 1 is 1.18 bits per heavy atom. The van der Waals surface area contributed by atoms with E-state index in [9.17, 15) is 14.4 Å². The Balaban J connectivity index is 2.75. The van der Waals surface area contributed by atoms with Crippen LogP contribution in [0.1, 0.15) is 47.5 Å². The van der Waals surface area contributed by atoms with E-state index in [-0.39, 0.29) is 30.2 Å². The molecule has 0 unspecified atom stereocenters. The van der Waals surface area contributed by atoms with E-state index in [4.69, 9.17) is 5.73 Å². The van der Waals surface area contributed by atoms with Crippen LogP contribution < -0.4 is 16.4 Å². The average Bonchev–Trinajstić information content (AvgIpc) is 2.30. The number of imide groups is 1. The van der Waals surface area contributed by atoms with E-state index >= 15 is 0 Å². The highest BCUT2D eigenvalue weighted by atomic mass is 16.2. The quantitative estimate of drug-likeness (QED) is 0.623. The summed E-state index contributed by atoms with van der Waals surface area (Å²) in [6.45, 7) is 9.67. The second-order valence-corrected chi connectivity index (χ2v) is 7.24. The van der Waals surface area contributed by atoms with Crippen LogP contribution in [0.25, 0.3) is 0 Å². The summed E-state index contributed by atoms with van der Waals surface area (Å²) in [5, 5.41) is 6.27. The summed E-state index contributed by atoms with van der Waals surface area (Å²) in [4.78, 5) is 36.6. The average molecular weight is 312 g/mol. The summed E-state index contributed by atoms with van der Waals surface area (Å²) in [5.41, 5.74) is 5.10. The van der Waals surface area contributed by atoms with Gasteiger partial charge >= 0.3 is 11.8 Å². The van der Waals surface area contributed by atoms with E-state index in [1.807, 2.05) is 0 Å². The molecule has 1 rings (SSSR count). The number of carbonyl (C=O) groups is 3. The Bertz CT molecular complexity index is 444. The third-order valence-electron chi connectivity index (χ3n) is 3.70. The Morgan fingerprint density at radius 2 is 1.68 bits per heavy atom. The van der Waals surface area contributed by atoms with Crippen molar-refractivity contribution in [2.75, 3.05) is 13.1 Å². The lowest BCUT2D eigenvalue weighted by molar-refractivity contribution is -0.152. The Labute approximate surface area is 132 Å². The fraction of sp³-hybridized carbons (Fsp3) is 0.800. The Morgan fingerprint density at radius 3 is 2.09 bits per heavy atom. The van der Waals surface area contributed by atoms with Crippen molar-refractivity contribution in [2.24, 2.45) is 5.73 Å². The molecule has 0 atom stereocenters. The maximum atomic E-state index is 12.1. The lowest BCUT2D eigenvalue weighted by atomic mass is 9.79. The van der Waals surface area contributed by atoms with Crippen molar-refractivity contribution in [3.8, 4) is 0 Å². The number of nitrogens with two attached hydrogens (primary N) is 1. The first-order valence-electron chi connectivity index (χ1n) is 7.60. The summed E-state index contributed by atoms with van der Waals surface area (Å²) >= 11 is 0. The molecule has 1 heterocycles. The molecule has 0 radical (unpaired) electrons. The maximum Gasteiger partial charge on any atom is 0.318 e. The molecular formula is C15H28N4O3. The highest BCUT2D eigenvalue weighted by molar-refractivity contribution is 6.37. The van der Waals surface area contributed by atoms with Crippen molar-refractivity contribution >= 4 is 17.7 Å². The smallest absolute Gasteiger partial charge is 0.318 e. The first kappa shape index (κ1) is 18.6. The molecule has 7 heteroatoms. The van der Waals surface area contributed by atoms with Crippen molar-refractivity contribution in [1.82, 2.24) is 15.5 Å². The predicted molar refractivity (Wildman–Crippen MR) is 83.9 cm³/mol. The van der Waals surface area contributed by atoms with Gasteiger partial charge in [0.15, 0.2) is 0 Å². The summed E-state index contributed by atoms with van der Waals surface area (Å²) in [6.07, 6.45) is 1.43. The summed E-state index contributed by atoms with van der Waals surface area (Å²) in [5.74, 6) is -2.06. The Hall–Kier alpha value is -1.47. The summed E-state index contributed by atoms with van der Waals surface area (Å²) < 4.78 is 0. The molecule has 1 aliphatic rings. The van der Waals surface area contributed by atoms with Crippen LogP contribution in [0.5, 0.6) is 0 Å². The van der Waals surface area contributed by atoms with Gasteiger partial charge in [0, 0.05) is 37.1 Å². The predicted octanol–water partition coefficient (Wildman–Crippen LogP) is -0.254. The molecule has 3 amide bonds. The van der Waals surface area contributed by atoms with Gasteiger partial charge in [-0.15, -0.1) is 0 Å². The molecule has 0 aromatic carbocycles. The van der Waals surface area contributed by atoms with E-state index in [2.05, 4.69) is 38.3 Å². The van der Waals surface area contributed by atoms with E-state index < -0.39 is 17.7 Å². The number of nitrogens with zero attached hydrogens (tertiary/aromatic N) is 1. The lowest BCUT2D eigenvalue weighted by Crippen LogP contribution is -2.63. The van der Waals surface area contributed by atoms with Crippen LogP contribution in [0, 0.1) is 0 Å². The van der Waals surface area contributed by atoms with Gasteiger partial charge in [-0.3, -0.25) is 19.3 Å². The normalized spacial score (nSPS) is 20.3. The van der Waals surface area contributed by atoms with Crippen molar-refractivity contribution < 1.29 is 14.4 Å². The summed E-state index contributed by atoms with van der Waals surface area (Å²) in [7, 11) is 0. The number of rotatable bonds is 3. The molecule has 4 N–H and O–H groups in total. The standard InChI is InChI=1S/C15H28N4O3/c1-10(20)19(7-6-16)13(22)12(21)17-11-8-14(2,3)18-15(4,5)9-11/h11,18H,6-9,16H2,1-5H3,(H,17,21). The molecule has 0 aliphatic carbocycles. The number of nitrogens with one attached hydrogen (secondary N) is 2. The zero-order valence-electron chi connectivity index (χ0n) is 14.2. The minimum absolute atomic E-state index is 0.0464. The largest absolute Gasteiger partial charge is 0.345 e. The Kier molecular flexibility index (Phi) is 5.70. The SMILES string of the molecule is CC(=O)N(CCN)C(=O)C(=O)NC1CC(C)(C)NC(C)(C)C1. The number of piperidine rings is 1. The molecule has 0 aromatic heterocycles. The van der Waals surface area contributed by atoms with Gasteiger partial charge in [-0.1, -0.05) is 0 Å². The van der Waals surface area contributed by atoms with E-state index in [0.29, 0.717) is 12.8 Å². The fourth-order valence-electron chi connectivity index (χ4n) is 3.33. The van der Waals surface area contributed by atoms with Crippen LogP contribution in [-0.4, -0.2) is 52.8 Å². The number of carbonyl (C=O) groups excluding carboxylic acids is 3. The molecule has 126 valence electrons. The number of hydrogen-bond acceptors (Lipinski definition) is 5. The molecule has 0 spiro atoms. The van der Waals surface area contributed by atoms with Crippen molar-refractivity contribution in [3.63, 3.8) is 0 Å². The van der Waals surface area contributed by atoms with E-state index in [1.165, 1.54) is 6.92 Å². The minimum atomic E-state index is -0.841. The monoisotopic (exact) mass is 312 g/mol. The molecule has 1 aliphatic heterocycles. The minimum Gasteiger partial charge on any atom is -0.345 e. The highest BCUT2D eigenvalue weighted by Crippen LogP contribution is 2.28. The molecule has 0 saturated carbocycles. The van der Waals surface area contributed by atoms with Crippen LogP contribution in [0.4, 0.5) is 0 Å². The van der Waals surface area contributed by atoms with Gasteiger partial charge in [0.05, 0.1) is 0 Å². The molecule has 1 fully saturated rings. The highest BCUT2D eigenvalue weighted by Gasteiger charge is 2.39. The fourth-order valence-corrected chi connectivity index (χ4v) is 3.33. The van der Waals surface area contributed by atoms with Crippen LogP contribution in [-0.2, 0) is 14.4 Å². The van der Waals surface area contributed by atoms with Crippen molar-refractivity contribution in [1.29, 1.82) is 0 Å².